The summed E-state index contributed by atoms with van der Waals surface area (Å²) in [6.07, 6.45) is 1.48. The topological polar surface area (TPSA) is 79.4 Å². The molecule has 0 bridgehead atoms. The largest absolute Gasteiger partial charge is 0.350 e. The maximum atomic E-state index is 4.02. The first-order chi connectivity index (χ1) is 6.36. The third kappa shape index (κ3) is 1.81. The van der Waals surface area contributed by atoms with Crippen LogP contribution >= 0.6 is 11.3 Å². The molecular formula is C6H8N6S. The number of nitrogens with zero attached hydrogens (tertiary/aromatic N) is 4. The Hall–Kier alpha value is -1.50. The van der Waals surface area contributed by atoms with Gasteiger partial charge in [-0.3, -0.25) is 5.10 Å². The van der Waals surface area contributed by atoms with Gasteiger partial charge >= 0.3 is 0 Å². The number of aromatic amines is 1. The van der Waals surface area contributed by atoms with Crippen molar-refractivity contribution >= 4 is 16.5 Å². The zero-order valence-electron chi connectivity index (χ0n) is 6.93. The molecule has 13 heavy (non-hydrogen) atoms. The van der Waals surface area contributed by atoms with E-state index in [1.54, 1.807) is 5.51 Å². The highest BCUT2D eigenvalue weighted by Crippen LogP contribution is 2.16. The molecule has 0 saturated heterocycles. The molecule has 2 rings (SSSR count). The highest BCUT2D eigenvalue weighted by Gasteiger charge is 2.08. The minimum absolute atomic E-state index is 0.0652. The monoisotopic (exact) mass is 196 g/mol. The van der Waals surface area contributed by atoms with Gasteiger partial charge in [0.1, 0.15) is 17.7 Å². The minimum Gasteiger partial charge on any atom is -0.350 e. The summed E-state index contributed by atoms with van der Waals surface area (Å²) in [6, 6.07) is 0.0652. The second-order valence-corrected chi connectivity index (χ2v) is 3.31. The highest BCUT2D eigenvalue weighted by atomic mass is 32.1. The van der Waals surface area contributed by atoms with Gasteiger partial charge in [0.05, 0.1) is 6.04 Å². The van der Waals surface area contributed by atoms with Crippen molar-refractivity contribution in [1.29, 1.82) is 0 Å². The van der Waals surface area contributed by atoms with Crippen molar-refractivity contribution in [3.8, 4) is 0 Å². The van der Waals surface area contributed by atoms with E-state index in [-0.39, 0.29) is 6.04 Å². The summed E-state index contributed by atoms with van der Waals surface area (Å²) < 4.78 is 0. The highest BCUT2D eigenvalue weighted by molar-refractivity contribution is 7.13. The van der Waals surface area contributed by atoms with E-state index in [2.05, 4.69) is 30.7 Å². The summed E-state index contributed by atoms with van der Waals surface area (Å²) in [5.74, 6) is 0.787. The molecular weight excluding hydrogens is 188 g/mol. The Morgan fingerprint density at radius 1 is 1.62 bits per heavy atom. The van der Waals surface area contributed by atoms with Crippen molar-refractivity contribution in [2.75, 3.05) is 5.32 Å². The molecule has 0 amide bonds. The molecule has 0 saturated carbocycles. The number of hydrogen-bond acceptors (Lipinski definition) is 6. The Morgan fingerprint density at radius 2 is 2.54 bits per heavy atom. The molecule has 1 unspecified atom stereocenters. The smallest absolute Gasteiger partial charge is 0.205 e. The second kappa shape index (κ2) is 3.48. The zero-order valence-corrected chi connectivity index (χ0v) is 7.75. The fraction of sp³-hybridized carbons (Fsp3) is 0.333. The molecule has 0 aliphatic carbocycles. The number of rotatable bonds is 3. The van der Waals surface area contributed by atoms with Crippen LogP contribution in [0.1, 0.15) is 18.8 Å². The maximum Gasteiger partial charge on any atom is 0.205 e. The molecule has 7 heteroatoms. The zero-order chi connectivity index (χ0) is 9.10. The van der Waals surface area contributed by atoms with Gasteiger partial charge in [-0.05, 0) is 6.92 Å². The van der Waals surface area contributed by atoms with Gasteiger partial charge in [-0.15, -0.1) is 10.2 Å². The lowest BCUT2D eigenvalue weighted by Gasteiger charge is -2.07. The number of anilines is 1. The van der Waals surface area contributed by atoms with Crippen LogP contribution in [0.5, 0.6) is 0 Å². The lowest BCUT2D eigenvalue weighted by molar-refractivity contribution is 0.791. The summed E-state index contributed by atoms with van der Waals surface area (Å²) in [5.41, 5.74) is 1.68. The van der Waals surface area contributed by atoms with E-state index in [4.69, 9.17) is 0 Å². The predicted octanol–water partition coefficient (Wildman–Crippen LogP) is 0.829. The van der Waals surface area contributed by atoms with Crippen LogP contribution in [-0.2, 0) is 0 Å². The molecule has 2 heterocycles. The maximum absolute atomic E-state index is 4.02. The van der Waals surface area contributed by atoms with Crippen LogP contribution in [0.4, 0.5) is 5.13 Å². The molecule has 1 atom stereocenters. The Kier molecular flexibility index (Phi) is 2.17. The van der Waals surface area contributed by atoms with Crippen LogP contribution < -0.4 is 5.32 Å². The van der Waals surface area contributed by atoms with Gasteiger partial charge in [0.25, 0.3) is 0 Å². The van der Waals surface area contributed by atoms with Crippen LogP contribution in [-0.4, -0.2) is 25.4 Å². The van der Waals surface area contributed by atoms with E-state index in [1.807, 2.05) is 6.92 Å². The van der Waals surface area contributed by atoms with Crippen molar-refractivity contribution in [3.05, 3.63) is 17.7 Å². The first kappa shape index (κ1) is 8.11. The van der Waals surface area contributed by atoms with Crippen LogP contribution in [0, 0.1) is 0 Å². The normalized spacial score (nSPS) is 12.7. The summed E-state index contributed by atoms with van der Waals surface area (Å²) in [5, 5.41) is 18.0. The van der Waals surface area contributed by atoms with Crippen molar-refractivity contribution in [2.45, 2.75) is 13.0 Å². The summed E-state index contributed by atoms with van der Waals surface area (Å²) >= 11 is 1.45. The molecule has 0 aliphatic heterocycles. The summed E-state index contributed by atoms with van der Waals surface area (Å²) in [6.45, 7) is 1.97. The summed E-state index contributed by atoms with van der Waals surface area (Å²) in [4.78, 5) is 4.02. The molecule has 2 aromatic heterocycles. The predicted molar refractivity (Wildman–Crippen MR) is 48.3 cm³/mol. The molecule has 0 aromatic carbocycles. The van der Waals surface area contributed by atoms with Crippen molar-refractivity contribution in [2.24, 2.45) is 0 Å². The van der Waals surface area contributed by atoms with Gasteiger partial charge < -0.3 is 5.32 Å². The van der Waals surface area contributed by atoms with Gasteiger partial charge in [0, 0.05) is 0 Å². The summed E-state index contributed by atoms with van der Waals surface area (Å²) in [7, 11) is 0. The van der Waals surface area contributed by atoms with Gasteiger partial charge in [0.15, 0.2) is 0 Å². The molecule has 6 nitrogen and oxygen atoms in total. The quantitative estimate of drug-likeness (QED) is 0.760. The standard InChI is InChI=1S/C6H8N6S/c1-4(5-7-2-8-11-5)10-6-12-9-3-13-6/h2-4H,1H3,(H,10,12)(H,7,8,11). The van der Waals surface area contributed by atoms with Crippen LogP contribution in [0.2, 0.25) is 0 Å². The first-order valence-electron chi connectivity index (χ1n) is 3.74. The third-order valence-corrected chi connectivity index (χ3v) is 2.17. The fourth-order valence-electron chi connectivity index (χ4n) is 0.913. The van der Waals surface area contributed by atoms with Gasteiger partial charge in [-0.2, -0.15) is 5.10 Å². The Labute approximate surface area is 78.4 Å². The fourth-order valence-corrected chi connectivity index (χ4v) is 1.45. The molecule has 2 N–H and O–H groups in total. The van der Waals surface area contributed by atoms with E-state index in [0.29, 0.717) is 0 Å². The van der Waals surface area contributed by atoms with Crippen LogP contribution in [0.25, 0.3) is 0 Å². The third-order valence-electron chi connectivity index (χ3n) is 1.54. The van der Waals surface area contributed by atoms with Gasteiger partial charge in [-0.1, -0.05) is 11.3 Å². The van der Waals surface area contributed by atoms with E-state index >= 15 is 0 Å². The SMILES string of the molecule is CC(Nc1nncs1)c1ncn[nH]1. The number of nitrogens with one attached hydrogen (secondary N) is 2. The number of hydrogen-bond donors (Lipinski definition) is 2. The molecule has 2 aromatic rings. The lowest BCUT2D eigenvalue weighted by Crippen LogP contribution is -2.08. The number of aromatic nitrogens is 5. The van der Waals surface area contributed by atoms with Crippen molar-refractivity contribution in [3.63, 3.8) is 0 Å². The molecule has 0 spiro atoms. The number of H-pyrrole nitrogens is 1. The molecule has 0 radical (unpaired) electrons. The van der Waals surface area contributed by atoms with Gasteiger partial charge in [0.2, 0.25) is 5.13 Å². The molecule has 68 valence electrons. The van der Waals surface area contributed by atoms with E-state index in [9.17, 15) is 0 Å². The molecule has 0 aliphatic rings. The minimum atomic E-state index is 0.0652. The van der Waals surface area contributed by atoms with Crippen molar-refractivity contribution in [1.82, 2.24) is 25.4 Å². The average Bonchev–Trinajstić information content (AvgIpc) is 2.74. The lowest BCUT2D eigenvalue weighted by atomic mass is 10.3. The first-order valence-corrected chi connectivity index (χ1v) is 4.62. The second-order valence-electron chi connectivity index (χ2n) is 2.48. The van der Waals surface area contributed by atoms with Crippen LogP contribution in [0.3, 0.4) is 0 Å². The average molecular weight is 196 g/mol. The van der Waals surface area contributed by atoms with E-state index < -0.39 is 0 Å². The Bertz CT molecular complexity index is 341. The Morgan fingerprint density at radius 3 is 3.15 bits per heavy atom. The van der Waals surface area contributed by atoms with E-state index in [1.165, 1.54) is 17.7 Å². The van der Waals surface area contributed by atoms with E-state index in [0.717, 1.165) is 11.0 Å². The van der Waals surface area contributed by atoms with Gasteiger partial charge in [-0.25, -0.2) is 4.98 Å². The molecule has 0 fully saturated rings. The van der Waals surface area contributed by atoms with Crippen molar-refractivity contribution < 1.29 is 0 Å². The Balaban J connectivity index is 2.04. The van der Waals surface area contributed by atoms with Crippen LogP contribution in [0.15, 0.2) is 11.8 Å².